The zero-order valence-electron chi connectivity index (χ0n) is 14.6. The summed E-state index contributed by atoms with van der Waals surface area (Å²) in [6.45, 7) is 9.94. The number of hydrogen-bond acceptors (Lipinski definition) is 3. The van der Waals surface area contributed by atoms with Gasteiger partial charge in [-0.1, -0.05) is 13.8 Å². The van der Waals surface area contributed by atoms with E-state index < -0.39 is 5.60 Å². The van der Waals surface area contributed by atoms with Crippen LogP contribution in [0, 0.1) is 11.3 Å². The lowest BCUT2D eigenvalue weighted by atomic mass is 9.78. The third-order valence-corrected chi connectivity index (χ3v) is 5.46. The van der Waals surface area contributed by atoms with E-state index in [1.807, 2.05) is 27.7 Å². The number of hydrogen-bond donors (Lipinski definition) is 1. The fourth-order valence-corrected chi connectivity index (χ4v) is 2.96. The average molecular weight is 298 g/mol. The van der Waals surface area contributed by atoms with Gasteiger partial charge < -0.3 is 9.84 Å². The maximum Gasteiger partial charge on any atom is 0.311 e. The van der Waals surface area contributed by atoms with Crippen molar-refractivity contribution >= 4 is 5.97 Å². The number of carbonyl (C=O) groups is 1. The highest BCUT2D eigenvalue weighted by molar-refractivity contribution is 5.75. The molecule has 0 aromatic rings. The first-order valence-corrected chi connectivity index (χ1v) is 8.66. The second-order valence-electron chi connectivity index (χ2n) is 7.53. The highest BCUT2D eigenvalue weighted by Gasteiger charge is 2.33. The Bertz CT molecular complexity index is 323. The Morgan fingerprint density at radius 2 is 1.57 bits per heavy atom. The molecule has 1 N–H and O–H groups in total. The maximum absolute atomic E-state index is 12.2. The summed E-state index contributed by atoms with van der Waals surface area (Å²) < 4.78 is 5.73. The molecule has 21 heavy (non-hydrogen) atoms. The van der Waals surface area contributed by atoms with E-state index in [0.717, 1.165) is 51.4 Å². The van der Waals surface area contributed by atoms with Crippen LogP contribution in [0.3, 0.4) is 0 Å². The van der Waals surface area contributed by atoms with Crippen LogP contribution in [0.1, 0.15) is 86.0 Å². The molecule has 0 radical (unpaired) electrons. The first-order valence-electron chi connectivity index (χ1n) is 8.66. The largest absolute Gasteiger partial charge is 0.462 e. The summed E-state index contributed by atoms with van der Waals surface area (Å²) in [6, 6.07) is 0. The molecule has 0 bridgehead atoms. The van der Waals surface area contributed by atoms with Crippen molar-refractivity contribution in [1.82, 2.24) is 0 Å². The van der Waals surface area contributed by atoms with Crippen molar-refractivity contribution < 1.29 is 14.6 Å². The molecule has 1 atom stereocenters. The molecule has 1 aliphatic rings. The molecule has 0 saturated heterocycles. The molecule has 0 aliphatic heterocycles. The Balaban J connectivity index is 2.50. The minimum absolute atomic E-state index is 0.0623. The first kappa shape index (κ1) is 18.5. The predicted molar refractivity (Wildman–Crippen MR) is 86.1 cm³/mol. The van der Waals surface area contributed by atoms with Crippen molar-refractivity contribution in [2.45, 2.75) is 97.7 Å². The van der Waals surface area contributed by atoms with Crippen LogP contribution in [-0.2, 0) is 9.53 Å². The van der Waals surface area contributed by atoms with Gasteiger partial charge in [-0.05, 0) is 78.1 Å². The van der Waals surface area contributed by atoms with Crippen molar-refractivity contribution in [3.63, 3.8) is 0 Å². The molecular weight excluding hydrogens is 264 g/mol. The van der Waals surface area contributed by atoms with Gasteiger partial charge in [0.15, 0.2) is 0 Å². The molecular formula is C18H34O3. The lowest BCUT2D eigenvalue weighted by Gasteiger charge is -2.35. The molecule has 0 heterocycles. The Hall–Kier alpha value is -0.570. The molecule has 1 saturated carbocycles. The van der Waals surface area contributed by atoms with E-state index in [9.17, 15) is 9.90 Å². The number of ether oxygens (including phenoxy) is 1. The third kappa shape index (κ3) is 5.28. The number of carbonyl (C=O) groups excluding carboxylic acids is 1. The zero-order valence-corrected chi connectivity index (χ0v) is 14.6. The van der Waals surface area contributed by atoms with E-state index in [2.05, 4.69) is 6.92 Å². The van der Waals surface area contributed by atoms with Crippen molar-refractivity contribution in [1.29, 1.82) is 0 Å². The Kier molecular flexibility index (Phi) is 6.71. The van der Waals surface area contributed by atoms with E-state index in [0.29, 0.717) is 5.92 Å². The van der Waals surface area contributed by atoms with E-state index in [-0.39, 0.29) is 17.5 Å². The Morgan fingerprint density at radius 3 is 2.00 bits per heavy atom. The van der Waals surface area contributed by atoms with Crippen molar-refractivity contribution in [3.8, 4) is 0 Å². The molecule has 0 amide bonds. The van der Waals surface area contributed by atoms with Gasteiger partial charge in [0.1, 0.15) is 6.10 Å². The molecule has 0 aromatic heterocycles. The van der Waals surface area contributed by atoms with Crippen molar-refractivity contribution in [2.75, 3.05) is 0 Å². The van der Waals surface area contributed by atoms with E-state index in [1.54, 1.807) is 0 Å². The van der Waals surface area contributed by atoms with Gasteiger partial charge in [0.25, 0.3) is 0 Å². The van der Waals surface area contributed by atoms with Crippen molar-refractivity contribution in [2.24, 2.45) is 11.3 Å². The van der Waals surface area contributed by atoms with Crippen LogP contribution >= 0.6 is 0 Å². The topological polar surface area (TPSA) is 46.5 Å². The molecule has 124 valence electrons. The van der Waals surface area contributed by atoms with Crippen LogP contribution in [0.15, 0.2) is 0 Å². The molecule has 1 aliphatic carbocycles. The minimum atomic E-state index is -0.548. The maximum atomic E-state index is 12.2. The second kappa shape index (κ2) is 7.62. The van der Waals surface area contributed by atoms with Gasteiger partial charge in [-0.3, -0.25) is 4.79 Å². The minimum Gasteiger partial charge on any atom is -0.462 e. The summed E-state index contributed by atoms with van der Waals surface area (Å²) in [5.74, 6) is 0.318. The molecule has 0 aromatic carbocycles. The first-order chi connectivity index (χ1) is 9.73. The molecule has 1 fully saturated rings. The lowest BCUT2D eigenvalue weighted by molar-refractivity contribution is -0.161. The molecule has 1 unspecified atom stereocenters. The van der Waals surface area contributed by atoms with Crippen LogP contribution in [0.2, 0.25) is 0 Å². The van der Waals surface area contributed by atoms with E-state index in [1.165, 1.54) is 0 Å². The summed E-state index contributed by atoms with van der Waals surface area (Å²) in [4.78, 5) is 12.2. The number of rotatable bonds is 5. The van der Waals surface area contributed by atoms with E-state index >= 15 is 0 Å². The fourth-order valence-electron chi connectivity index (χ4n) is 2.96. The highest BCUT2D eigenvalue weighted by atomic mass is 16.5. The normalized spacial score (nSPS) is 27.3. The SMILES string of the molecule is CCC(C)(C)C(=O)OC1CCCC(C(C)(O)CC)CCC1. The van der Waals surface area contributed by atoms with Crippen LogP contribution in [0.25, 0.3) is 0 Å². The Morgan fingerprint density at radius 1 is 1.05 bits per heavy atom. The van der Waals surface area contributed by atoms with Crippen LogP contribution < -0.4 is 0 Å². The number of esters is 1. The highest BCUT2D eigenvalue weighted by Crippen LogP contribution is 2.34. The average Bonchev–Trinajstić information content (AvgIpc) is 2.41. The van der Waals surface area contributed by atoms with Gasteiger partial charge in [-0.2, -0.15) is 0 Å². The van der Waals surface area contributed by atoms with Gasteiger partial charge in [0.2, 0.25) is 0 Å². The molecule has 3 nitrogen and oxygen atoms in total. The standard InChI is InChI=1S/C18H34O3/c1-6-17(3,4)16(19)21-15-12-8-10-14(11-9-13-15)18(5,20)7-2/h14-15,20H,6-13H2,1-5H3. The zero-order chi connectivity index (χ0) is 16.1. The molecule has 0 spiro atoms. The van der Waals surface area contributed by atoms with Gasteiger partial charge in [0, 0.05) is 0 Å². The predicted octanol–water partition coefficient (Wildman–Crippen LogP) is 4.47. The summed E-state index contributed by atoms with van der Waals surface area (Å²) >= 11 is 0. The number of aliphatic hydroxyl groups is 1. The lowest BCUT2D eigenvalue weighted by Crippen LogP contribution is -2.36. The van der Waals surface area contributed by atoms with Crippen molar-refractivity contribution in [3.05, 3.63) is 0 Å². The van der Waals surface area contributed by atoms with E-state index in [4.69, 9.17) is 4.74 Å². The Labute approximate surface area is 130 Å². The smallest absolute Gasteiger partial charge is 0.311 e. The summed E-state index contributed by atoms with van der Waals surface area (Å²) in [5.41, 5.74) is -0.926. The fraction of sp³-hybridized carbons (Fsp3) is 0.944. The van der Waals surface area contributed by atoms with Gasteiger partial charge in [-0.25, -0.2) is 0 Å². The van der Waals surface area contributed by atoms with Gasteiger partial charge in [0.05, 0.1) is 11.0 Å². The summed E-state index contributed by atoms with van der Waals surface area (Å²) in [7, 11) is 0. The quantitative estimate of drug-likeness (QED) is 0.762. The van der Waals surface area contributed by atoms with Gasteiger partial charge >= 0.3 is 5.97 Å². The van der Waals surface area contributed by atoms with Gasteiger partial charge in [-0.15, -0.1) is 0 Å². The van der Waals surface area contributed by atoms with Crippen LogP contribution in [0.4, 0.5) is 0 Å². The monoisotopic (exact) mass is 298 g/mol. The summed E-state index contributed by atoms with van der Waals surface area (Å²) in [5, 5.41) is 10.4. The third-order valence-electron chi connectivity index (χ3n) is 5.46. The molecule has 3 heteroatoms. The molecule has 1 rings (SSSR count). The van der Waals surface area contributed by atoms with Crippen LogP contribution in [0.5, 0.6) is 0 Å². The summed E-state index contributed by atoms with van der Waals surface area (Å²) in [6.07, 6.45) is 7.68. The van der Waals surface area contributed by atoms with Crippen LogP contribution in [-0.4, -0.2) is 22.8 Å². The second-order valence-corrected chi connectivity index (χ2v) is 7.53.